The van der Waals surface area contributed by atoms with Gasteiger partial charge in [0.1, 0.15) is 36.4 Å². The summed E-state index contributed by atoms with van der Waals surface area (Å²) in [5.41, 5.74) is 0.473. The maximum absolute atomic E-state index is 17.4. The van der Waals surface area contributed by atoms with E-state index in [0.717, 1.165) is 45.1 Å². The van der Waals surface area contributed by atoms with Crippen molar-refractivity contribution in [2.75, 3.05) is 51.8 Å². The van der Waals surface area contributed by atoms with E-state index >= 15 is 8.78 Å². The number of halogens is 2. The number of hydrogen-bond acceptors (Lipinski definition) is 9. The first-order chi connectivity index (χ1) is 25.1. The second kappa shape index (κ2) is 13.4. The summed E-state index contributed by atoms with van der Waals surface area (Å²) >= 11 is 0. The van der Waals surface area contributed by atoms with E-state index in [0.29, 0.717) is 60.3 Å². The van der Waals surface area contributed by atoms with Gasteiger partial charge in [0.25, 0.3) is 0 Å². The molecule has 10 nitrogen and oxygen atoms in total. The lowest BCUT2D eigenvalue weighted by atomic mass is 9.89. The van der Waals surface area contributed by atoms with E-state index in [1.807, 2.05) is 6.92 Å². The van der Waals surface area contributed by atoms with Gasteiger partial charge in [-0.25, -0.2) is 13.6 Å². The number of ether oxygens (including phenoxy) is 2. The largest absolute Gasteiger partial charge is 0.508 e. The summed E-state index contributed by atoms with van der Waals surface area (Å²) in [5, 5.41) is 26.7. The molecule has 4 atom stereocenters. The van der Waals surface area contributed by atoms with Crippen molar-refractivity contribution >= 4 is 33.5 Å². The highest BCUT2D eigenvalue weighted by Crippen LogP contribution is 2.45. The molecule has 8 rings (SSSR count). The number of hydrogen-bond donors (Lipinski definition) is 2. The number of aryl methyl sites for hydroxylation is 1. The number of rotatable bonds is 8. The number of anilines is 1. The van der Waals surface area contributed by atoms with Gasteiger partial charge in [0.05, 0.1) is 17.2 Å². The van der Waals surface area contributed by atoms with Crippen LogP contribution in [0.25, 0.3) is 32.7 Å². The summed E-state index contributed by atoms with van der Waals surface area (Å²) < 4.78 is 44.8. The minimum Gasteiger partial charge on any atom is -0.508 e. The third-order valence-corrected chi connectivity index (χ3v) is 11.7. The number of aromatic nitrogens is 1. The molecule has 1 amide bonds. The van der Waals surface area contributed by atoms with Crippen LogP contribution in [0.3, 0.4) is 0 Å². The van der Waals surface area contributed by atoms with E-state index in [1.54, 1.807) is 32.3 Å². The highest BCUT2D eigenvalue weighted by Gasteiger charge is 2.50. The van der Waals surface area contributed by atoms with E-state index in [2.05, 4.69) is 21.2 Å². The van der Waals surface area contributed by atoms with Crippen molar-refractivity contribution in [3.8, 4) is 28.8 Å². The molecule has 0 saturated carbocycles. The van der Waals surface area contributed by atoms with Crippen LogP contribution in [0.1, 0.15) is 56.6 Å². The number of benzene rings is 3. The van der Waals surface area contributed by atoms with Crippen molar-refractivity contribution in [2.45, 2.75) is 75.5 Å². The Morgan fingerprint density at radius 2 is 1.90 bits per heavy atom. The van der Waals surface area contributed by atoms with Crippen molar-refractivity contribution < 1.29 is 28.2 Å². The lowest BCUT2D eigenvalue weighted by Crippen LogP contribution is -2.51. The molecule has 4 aliphatic heterocycles. The van der Waals surface area contributed by atoms with Gasteiger partial charge in [0.15, 0.2) is 0 Å². The molecule has 0 radical (unpaired) electrons. The van der Waals surface area contributed by atoms with Crippen LogP contribution in [0, 0.1) is 23.0 Å². The number of nitrogens with one attached hydrogen (secondary N) is 1. The van der Waals surface area contributed by atoms with E-state index in [9.17, 15) is 15.2 Å². The summed E-state index contributed by atoms with van der Waals surface area (Å²) in [6, 6.07) is 12.0. The number of pyridine rings is 1. The Morgan fingerprint density at radius 3 is 2.63 bits per heavy atom. The van der Waals surface area contributed by atoms with Crippen LogP contribution in [-0.2, 0) is 11.2 Å². The third kappa shape index (κ3) is 5.84. The molecule has 2 bridgehead atoms. The Morgan fingerprint density at radius 1 is 1.12 bits per heavy atom. The van der Waals surface area contributed by atoms with Gasteiger partial charge in [-0.3, -0.25) is 4.90 Å². The predicted octanol–water partition coefficient (Wildman–Crippen LogP) is 6.49. The Bertz CT molecular complexity index is 2110. The SMILES string of the molecule is CCc1c(F)ccc2cc(O)cc(-c3c(C#N)cc4c(N5CC6CCC(C5)N6)nc(OC[C@]56CCCN5[C@@H](COC(=O)N(C)C)CC6)cc4c3F)c12. The first kappa shape index (κ1) is 34.4. The standard InChI is InChI=1S/C40H44F2N6O4/c1-4-29-33(41)9-6-23-14-28(49)16-32(35(23)29)36-24(18-43)15-31-30(37(36)42)17-34(45-38(31)47-19-25-7-8-26(20-47)44-25)52-22-40-11-5-13-48(40)27(10-12-40)21-51-39(50)46(2)3/h6,9,14-17,25-27,44,49H,4-5,7-8,10-13,19-22H2,1-3H3/t25?,26?,27-,40-/m1/s1. The number of phenols is 1. The summed E-state index contributed by atoms with van der Waals surface area (Å²) in [6.45, 7) is 4.73. The molecule has 1 aromatic heterocycles. The van der Waals surface area contributed by atoms with Crippen LogP contribution < -0.4 is 15.0 Å². The molecule has 4 aliphatic rings. The first-order valence-electron chi connectivity index (χ1n) is 18.4. The smallest absolute Gasteiger partial charge is 0.409 e. The maximum atomic E-state index is 17.4. The molecule has 4 saturated heterocycles. The zero-order valence-electron chi connectivity index (χ0n) is 29.8. The number of carbonyl (C=O) groups excluding carboxylic acids is 1. The monoisotopic (exact) mass is 710 g/mol. The van der Waals surface area contributed by atoms with E-state index < -0.39 is 11.6 Å². The predicted molar refractivity (Wildman–Crippen MR) is 195 cm³/mol. The highest BCUT2D eigenvalue weighted by atomic mass is 19.1. The second-order valence-electron chi connectivity index (χ2n) is 15.1. The van der Waals surface area contributed by atoms with E-state index in [4.69, 9.17) is 14.5 Å². The van der Waals surface area contributed by atoms with Crippen molar-refractivity contribution in [3.05, 3.63) is 59.2 Å². The van der Waals surface area contributed by atoms with Crippen molar-refractivity contribution in [3.63, 3.8) is 0 Å². The van der Waals surface area contributed by atoms with Crippen LogP contribution in [0.15, 0.2) is 36.4 Å². The minimum absolute atomic E-state index is 0.00569. The van der Waals surface area contributed by atoms with E-state index in [-0.39, 0.29) is 63.5 Å². The van der Waals surface area contributed by atoms with Crippen LogP contribution in [0.4, 0.5) is 19.4 Å². The summed E-state index contributed by atoms with van der Waals surface area (Å²) in [4.78, 5) is 23.2. The molecule has 0 aliphatic carbocycles. The highest BCUT2D eigenvalue weighted by molar-refractivity contribution is 6.05. The molecule has 4 fully saturated rings. The molecule has 3 aromatic carbocycles. The average Bonchev–Trinajstić information content (AvgIpc) is 3.81. The van der Waals surface area contributed by atoms with Gasteiger partial charge in [0.2, 0.25) is 5.88 Å². The van der Waals surface area contributed by atoms with Crippen LogP contribution >= 0.6 is 0 Å². The summed E-state index contributed by atoms with van der Waals surface area (Å²) in [6.07, 6.45) is 5.74. The molecular formula is C40H44F2N6O4. The van der Waals surface area contributed by atoms with Crippen LogP contribution in [0.5, 0.6) is 11.6 Å². The van der Waals surface area contributed by atoms with Crippen molar-refractivity contribution in [1.29, 1.82) is 5.26 Å². The number of aromatic hydroxyl groups is 1. The van der Waals surface area contributed by atoms with Crippen LogP contribution in [0.2, 0.25) is 0 Å². The van der Waals surface area contributed by atoms with Gasteiger partial charge >= 0.3 is 6.09 Å². The Kier molecular flexibility index (Phi) is 8.82. The quantitative estimate of drug-likeness (QED) is 0.212. The van der Waals surface area contributed by atoms with E-state index in [1.165, 1.54) is 23.1 Å². The van der Waals surface area contributed by atoms with Gasteiger partial charge in [-0.2, -0.15) is 10.2 Å². The van der Waals surface area contributed by atoms with Gasteiger partial charge in [-0.1, -0.05) is 13.0 Å². The molecule has 2 N–H and O–H groups in total. The maximum Gasteiger partial charge on any atom is 0.409 e. The van der Waals surface area contributed by atoms with Gasteiger partial charge in [0, 0.05) is 67.7 Å². The Balaban J connectivity index is 1.23. The molecule has 52 heavy (non-hydrogen) atoms. The lowest BCUT2D eigenvalue weighted by molar-refractivity contribution is 0.0494. The number of carbonyl (C=O) groups is 1. The molecule has 272 valence electrons. The molecule has 2 unspecified atom stereocenters. The zero-order chi connectivity index (χ0) is 36.3. The fourth-order valence-corrected chi connectivity index (χ4v) is 9.29. The van der Waals surface area contributed by atoms with Gasteiger partial charge < -0.3 is 29.7 Å². The number of piperazine rings is 1. The van der Waals surface area contributed by atoms with Gasteiger partial charge in [-0.05, 0) is 97.7 Å². The average molecular weight is 711 g/mol. The van der Waals surface area contributed by atoms with Crippen molar-refractivity contribution in [1.82, 2.24) is 20.1 Å². The van der Waals surface area contributed by atoms with Crippen molar-refractivity contribution in [2.24, 2.45) is 0 Å². The topological polar surface area (TPSA) is 114 Å². The summed E-state index contributed by atoms with van der Waals surface area (Å²) in [7, 11) is 3.34. The fraction of sp³-hybridized carbons (Fsp3) is 0.475. The fourth-order valence-electron chi connectivity index (χ4n) is 9.29. The molecule has 0 spiro atoms. The van der Waals surface area contributed by atoms with Gasteiger partial charge in [-0.15, -0.1) is 0 Å². The molecular weight excluding hydrogens is 666 g/mol. The molecule has 5 heterocycles. The number of phenolic OH excluding ortho intramolecular Hbond substituents is 1. The Labute approximate surface area is 301 Å². The second-order valence-corrected chi connectivity index (χ2v) is 15.1. The molecule has 4 aromatic rings. The minimum atomic E-state index is -0.650. The zero-order valence-corrected chi connectivity index (χ0v) is 29.8. The lowest BCUT2D eigenvalue weighted by Gasteiger charge is -2.36. The number of fused-ring (bicyclic) bond motifs is 5. The molecule has 12 heteroatoms. The normalized spacial score (nSPS) is 24.0. The van der Waals surface area contributed by atoms with Crippen LogP contribution in [-0.4, -0.2) is 96.6 Å². The Hall–Kier alpha value is -4.73. The number of amides is 1. The number of nitriles is 1. The summed E-state index contributed by atoms with van der Waals surface area (Å²) in [5.74, 6) is -0.338. The first-order valence-corrected chi connectivity index (χ1v) is 18.4. The third-order valence-electron chi connectivity index (χ3n) is 11.7. The number of nitrogens with zero attached hydrogens (tertiary/aromatic N) is 5.